The predicted octanol–water partition coefficient (Wildman–Crippen LogP) is 2.86. The minimum atomic E-state index is -0.709. The highest BCUT2D eigenvalue weighted by molar-refractivity contribution is 9.10. The lowest BCUT2D eigenvalue weighted by molar-refractivity contribution is 0.590. The first-order valence-corrected chi connectivity index (χ1v) is 4.57. The molecule has 0 fully saturated rings. The van der Waals surface area contributed by atoms with Crippen LogP contribution in [0, 0.1) is 11.6 Å². The topological polar surface area (TPSA) is 38.9 Å². The maximum absolute atomic E-state index is 13.2. The molecule has 0 radical (unpaired) electrons. The minimum Gasteiger partial charge on any atom is -0.397 e. The Balaban J connectivity index is 2.95. The fourth-order valence-corrected chi connectivity index (χ4v) is 1.54. The second-order valence-corrected chi connectivity index (χ2v) is 3.66. The highest BCUT2D eigenvalue weighted by Crippen LogP contribution is 2.28. The lowest BCUT2D eigenvalue weighted by atomic mass is 10.2. The van der Waals surface area contributed by atoms with Gasteiger partial charge in [-0.05, 0) is 22.0 Å². The molecule has 0 saturated heterocycles. The number of hydrogen-bond donors (Lipinski definition) is 1. The Morgan fingerprint density at radius 3 is 2.71 bits per heavy atom. The molecule has 1 aromatic heterocycles. The number of anilines is 1. The van der Waals surface area contributed by atoms with Gasteiger partial charge in [0.1, 0.15) is 11.3 Å². The number of benzene rings is 1. The molecule has 14 heavy (non-hydrogen) atoms. The fraction of sp³-hybridized carbons (Fsp3) is 0. The SMILES string of the molecule is Nc1c(Br)cnc2c(F)cc(F)cc12. The summed E-state index contributed by atoms with van der Waals surface area (Å²) in [7, 11) is 0. The molecule has 2 nitrogen and oxygen atoms in total. The van der Waals surface area contributed by atoms with E-state index < -0.39 is 11.6 Å². The molecule has 2 N–H and O–H groups in total. The van der Waals surface area contributed by atoms with Crippen LogP contribution in [0.25, 0.3) is 10.9 Å². The molecule has 1 heterocycles. The van der Waals surface area contributed by atoms with Crippen molar-refractivity contribution in [1.82, 2.24) is 4.98 Å². The summed E-state index contributed by atoms with van der Waals surface area (Å²) < 4.78 is 26.6. The Hall–Kier alpha value is -1.23. The molecule has 0 unspecified atom stereocenters. The molecular weight excluding hydrogens is 254 g/mol. The van der Waals surface area contributed by atoms with Crippen LogP contribution in [0.5, 0.6) is 0 Å². The summed E-state index contributed by atoms with van der Waals surface area (Å²) in [6, 6.07) is 1.94. The zero-order valence-corrected chi connectivity index (χ0v) is 8.48. The molecule has 0 spiro atoms. The van der Waals surface area contributed by atoms with E-state index in [1.54, 1.807) is 0 Å². The van der Waals surface area contributed by atoms with Crippen LogP contribution < -0.4 is 5.73 Å². The first-order valence-electron chi connectivity index (χ1n) is 3.78. The molecule has 0 aliphatic heterocycles. The van der Waals surface area contributed by atoms with Gasteiger partial charge in [-0.15, -0.1) is 0 Å². The van der Waals surface area contributed by atoms with Crippen molar-refractivity contribution in [3.63, 3.8) is 0 Å². The second kappa shape index (κ2) is 3.16. The van der Waals surface area contributed by atoms with Gasteiger partial charge in [-0.25, -0.2) is 8.78 Å². The lowest BCUT2D eigenvalue weighted by Gasteiger charge is -2.04. The Labute approximate surface area is 86.9 Å². The Bertz CT molecular complexity index is 514. The first-order chi connectivity index (χ1) is 6.59. The highest BCUT2D eigenvalue weighted by atomic mass is 79.9. The van der Waals surface area contributed by atoms with Gasteiger partial charge in [0.15, 0.2) is 5.82 Å². The van der Waals surface area contributed by atoms with Gasteiger partial charge in [0.25, 0.3) is 0 Å². The zero-order valence-electron chi connectivity index (χ0n) is 6.89. The van der Waals surface area contributed by atoms with Gasteiger partial charge < -0.3 is 5.73 Å². The molecular formula is C9H5BrF2N2. The van der Waals surface area contributed by atoms with Crippen molar-refractivity contribution in [3.05, 3.63) is 34.4 Å². The van der Waals surface area contributed by atoms with Crippen molar-refractivity contribution in [1.29, 1.82) is 0 Å². The summed E-state index contributed by atoms with van der Waals surface area (Å²) >= 11 is 3.13. The number of nitrogen functional groups attached to an aromatic ring is 1. The maximum atomic E-state index is 13.2. The highest BCUT2D eigenvalue weighted by Gasteiger charge is 2.09. The zero-order chi connectivity index (χ0) is 10.3. The van der Waals surface area contributed by atoms with Crippen molar-refractivity contribution >= 4 is 32.5 Å². The molecule has 72 valence electrons. The van der Waals surface area contributed by atoms with E-state index in [0.717, 1.165) is 12.1 Å². The number of nitrogens with zero attached hydrogens (tertiary/aromatic N) is 1. The van der Waals surface area contributed by atoms with E-state index in [1.165, 1.54) is 6.20 Å². The number of hydrogen-bond acceptors (Lipinski definition) is 2. The summed E-state index contributed by atoms with van der Waals surface area (Å²) in [6.07, 6.45) is 1.39. The van der Waals surface area contributed by atoms with Crippen LogP contribution in [0.4, 0.5) is 14.5 Å². The molecule has 0 atom stereocenters. The number of nitrogens with two attached hydrogens (primary N) is 1. The summed E-state index contributed by atoms with van der Waals surface area (Å²) in [5.74, 6) is -1.37. The van der Waals surface area contributed by atoms with Crippen molar-refractivity contribution in [2.45, 2.75) is 0 Å². The van der Waals surface area contributed by atoms with Crippen molar-refractivity contribution < 1.29 is 8.78 Å². The standard InChI is InChI=1S/C9H5BrF2N2/c10-6-3-14-9-5(8(6)13)1-4(11)2-7(9)12/h1-3H,(H2,13,14). The number of pyridine rings is 1. The Morgan fingerprint density at radius 1 is 1.29 bits per heavy atom. The van der Waals surface area contributed by atoms with Crippen LogP contribution in [0.3, 0.4) is 0 Å². The smallest absolute Gasteiger partial charge is 0.152 e. The molecule has 0 aliphatic rings. The van der Waals surface area contributed by atoms with E-state index in [-0.39, 0.29) is 16.6 Å². The van der Waals surface area contributed by atoms with Gasteiger partial charge in [-0.3, -0.25) is 4.98 Å². The average Bonchev–Trinajstić information content (AvgIpc) is 2.12. The van der Waals surface area contributed by atoms with Crippen LogP contribution in [0.15, 0.2) is 22.8 Å². The largest absolute Gasteiger partial charge is 0.397 e. The van der Waals surface area contributed by atoms with E-state index in [1.807, 2.05) is 0 Å². The Morgan fingerprint density at radius 2 is 2.00 bits per heavy atom. The van der Waals surface area contributed by atoms with Crippen LogP contribution >= 0.6 is 15.9 Å². The van der Waals surface area contributed by atoms with Gasteiger partial charge in [-0.2, -0.15) is 0 Å². The quantitative estimate of drug-likeness (QED) is 0.790. The van der Waals surface area contributed by atoms with Gasteiger partial charge in [0, 0.05) is 17.6 Å². The molecule has 2 aromatic rings. The third-order valence-electron chi connectivity index (χ3n) is 1.88. The summed E-state index contributed by atoms with van der Waals surface area (Å²) in [6.45, 7) is 0. The average molecular weight is 259 g/mol. The third-order valence-corrected chi connectivity index (χ3v) is 2.51. The maximum Gasteiger partial charge on any atom is 0.152 e. The van der Waals surface area contributed by atoms with Crippen LogP contribution in [-0.2, 0) is 0 Å². The van der Waals surface area contributed by atoms with Crippen LogP contribution in [-0.4, -0.2) is 4.98 Å². The van der Waals surface area contributed by atoms with E-state index in [9.17, 15) is 8.78 Å². The van der Waals surface area contributed by atoms with E-state index in [0.29, 0.717) is 4.47 Å². The van der Waals surface area contributed by atoms with Gasteiger partial charge in [0.2, 0.25) is 0 Å². The first kappa shape index (κ1) is 9.33. The molecule has 0 bridgehead atoms. The Kier molecular flexibility index (Phi) is 2.11. The summed E-state index contributed by atoms with van der Waals surface area (Å²) in [5, 5.41) is 0.275. The van der Waals surface area contributed by atoms with E-state index in [4.69, 9.17) is 5.73 Å². The van der Waals surface area contributed by atoms with E-state index >= 15 is 0 Å². The molecule has 0 saturated carbocycles. The molecule has 5 heteroatoms. The lowest BCUT2D eigenvalue weighted by Crippen LogP contribution is -1.94. The van der Waals surface area contributed by atoms with Gasteiger partial charge in [0.05, 0.1) is 10.2 Å². The van der Waals surface area contributed by atoms with Crippen LogP contribution in [0.1, 0.15) is 0 Å². The number of halogens is 3. The fourth-order valence-electron chi connectivity index (χ4n) is 1.22. The molecule has 0 aliphatic carbocycles. The second-order valence-electron chi connectivity index (χ2n) is 2.80. The predicted molar refractivity (Wildman–Crippen MR) is 53.8 cm³/mol. The van der Waals surface area contributed by atoms with Gasteiger partial charge >= 0.3 is 0 Å². The summed E-state index contributed by atoms with van der Waals surface area (Å²) in [5.41, 5.74) is 6.00. The number of rotatable bonds is 0. The third kappa shape index (κ3) is 1.33. The summed E-state index contributed by atoms with van der Waals surface area (Å²) in [4.78, 5) is 3.81. The molecule has 2 rings (SSSR count). The van der Waals surface area contributed by atoms with Gasteiger partial charge in [-0.1, -0.05) is 0 Å². The molecule has 0 amide bonds. The normalized spacial score (nSPS) is 10.8. The van der Waals surface area contributed by atoms with E-state index in [2.05, 4.69) is 20.9 Å². The monoisotopic (exact) mass is 258 g/mol. The number of aromatic nitrogens is 1. The number of fused-ring (bicyclic) bond motifs is 1. The molecule has 1 aromatic carbocycles. The minimum absolute atomic E-state index is 0.0760. The van der Waals surface area contributed by atoms with Crippen molar-refractivity contribution in [2.75, 3.05) is 5.73 Å². The van der Waals surface area contributed by atoms with Crippen molar-refractivity contribution in [2.24, 2.45) is 0 Å². The van der Waals surface area contributed by atoms with Crippen molar-refractivity contribution in [3.8, 4) is 0 Å². The van der Waals surface area contributed by atoms with Crippen LogP contribution in [0.2, 0.25) is 0 Å².